The molecule has 0 unspecified atom stereocenters. The molecular formula is C7H7NO4. The van der Waals surface area contributed by atoms with E-state index >= 15 is 0 Å². The van der Waals surface area contributed by atoms with Crippen LogP contribution in [0, 0.1) is 0 Å². The average Bonchev–Trinajstić information content (AvgIpc) is 2.03. The van der Waals surface area contributed by atoms with Gasteiger partial charge in [0.15, 0.2) is 0 Å². The number of dihydropyridines is 1. The number of aliphatic hydroxyl groups is 1. The number of hydrogen-bond acceptors (Lipinski definition) is 4. The lowest BCUT2D eigenvalue weighted by atomic mass is 10.1. The monoisotopic (exact) mass is 169 g/mol. The summed E-state index contributed by atoms with van der Waals surface area (Å²) in [6.45, 7) is 0. The number of esters is 1. The van der Waals surface area contributed by atoms with E-state index in [0.717, 1.165) is 6.21 Å². The SMILES string of the molecule is COC(=O)C1=C(O)CC(=O)N=C1. The van der Waals surface area contributed by atoms with Gasteiger partial charge in [-0.2, -0.15) is 0 Å². The van der Waals surface area contributed by atoms with Crippen LogP contribution in [-0.2, 0) is 14.3 Å². The highest BCUT2D eigenvalue weighted by Gasteiger charge is 2.19. The Morgan fingerprint density at radius 1 is 1.75 bits per heavy atom. The molecule has 0 radical (unpaired) electrons. The van der Waals surface area contributed by atoms with Crippen molar-refractivity contribution in [2.45, 2.75) is 6.42 Å². The molecule has 12 heavy (non-hydrogen) atoms. The van der Waals surface area contributed by atoms with Crippen LogP contribution in [0.25, 0.3) is 0 Å². The standard InChI is InChI=1S/C7H7NO4/c1-12-7(11)4-3-8-6(10)2-5(4)9/h3,9H,2H2,1H3. The quantitative estimate of drug-likeness (QED) is 0.559. The topological polar surface area (TPSA) is 76.0 Å². The van der Waals surface area contributed by atoms with Crippen molar-refractivity contribution in [1.82, 2.24) is 0 Å². The van der Waals surface area contributed by atoms with E-state index in [4.69, 9.17) is 5.11 Å². The van der Waals surface area contributed by atoms with E-state index in [-0.39, 0.29) is 17.8 Å². The fraction of sp³-hybridized carbons (Fsp3) is 0.286. The minimum atomic E-state index is -0.691. The van der Waals surface area contributed by atoms with Crippen molar-refractivity contribution in [2.75, 3.05) is 7.11 Å². The van der Waals surface area contributed by atoms with E-state index in [2.05, 4.69) is 9.73 Å². The lowest BCUT2D eigenvalue weighted by Gasteiger charge is -2.06. The molecule has 0 bridgehead atoms. The molecule has 1 heterocycles. The summed E-state index contributed by atoms with van der Waals surface area (Å²) in [4.78, 5) is 24.8. The Balaban J connectivity index is 2.91. The molecule has 1 aliphatic heterocycles. The largest absolute Gasteiger partial charge is 0.511 e. The maximum absolute atomic E-state index is 10.8. The summed E-state index contributed by atoms with van der Waals surface area (Å²) in [7, 11) is 1.19. The number of carbonyl (C=O) groups is 2. The number of carbonyl (C=O) groups excluding carboxylic acids is 2. The maximum Gasteiger partial charge on any atom is 0.342 e. The first-order chi connectivity index (χ1) is 5.65. The lowest BCUT2D eigenvalue weighted by molar-refractivity contribution is -0.135. The zero-order valence-electron chi connectivity index (χ0n) is 6.40. The number of aliphatic imine (C=N–C) groups is 1. The molecule has 1 N–H and O–H groups in total. The van der Waals surface area contributed by atoms with Gasteiger partial charge in [-0.05, 0) is 0 Å². The molecule has 0 saturated heterocycles. The van der Waals surface area contributed by atoms with Gasteiger partial charge in [0, 0.05) is 6.21 Å². The van der Waals surface area contributed by atoms with Crippen molar-refractivity contribution in [3.05, 3.63) is 11.3 Å². The second kappa shape index (κ2) is 3.17. The van der Waals surface area contributed by atoms with E-state index in [1.807, 2.05) is 0 Å². The van der Waals surface area contributed by atoms with Crippen molar-refractivity contribution in [1.29, 1.82) is 0 Å². The first-order valence-corrected chi connectivity index (χ1v) is 3.22. The van der Waals surface area contributed by atoms with Crippen LogP contribution in [0.5, 0.6) is 0 Å². The van der Waals surface area contributed by atoms with Gasteiger partial charge in [-0.1, -0.05) is 0 Å². The molecule has 5 nitrogen and oxygen atoms in total. The van der Waals surface area contributed by atoms with Crippen LogP contribution >= 0.6 is 0 Å². The summed E-state index contributed by atoms with van der Waals surface area (Å²) < 4.78 is 4.34. The van der Waals surface area contributed by atoms with Gasteiger partial charge in [0.05, 0.1) is 13.5 Å². The third kappa shape index (κ3) is 1.50. The fourth-order valence-corrected chi connectivity index (χ4v) is 0.776. The Hall–Kier alpha value is -1.65. The normalized spacial score (nSPS) is 16.6. The number of methoxy groups -OCH3 is 1. The zero-order chi connectivity index (χ0) is 9.14. The van der Waals surface area contributed by atoms with Crippen LogP contribution in [0.3, 0.4) is 0 Å². The van der Waals surface area contributed by atoms with E-state index in [0.29, 0.717) is 0 Å². The Morgan fingerprint density at radius 3 is 2.92 bits per heavy atom. The smallest absolute Gasteiger partial charge is 0.342 e. The summed E-state index contributed by atoms with van der Waals surface area (Å²) in [6.07, 6.45) is 0.772. The molecule has 0 fully saturated rings. The molecular weight excluding hydrogens is 162 g/mol. The minimum absolute atomic E-state index is 0.0582. The number of aliphatic hydroxyl groups excluding tert-OH is 1. The van der Waals surface area contributed by atoms with E-state index in [1.54, 1.807) is 0 Å². The fourth-order valence-electron chi connectivity index (χ4n) is 0.776. The van der Waals surface area contributed by atoms with Crippen molar-refractivity contribution in [3.8, 4) is 0 Å². The predicted octanol–water partition coefficient (Wildman–Crippen LogP) is -0.0274. The molecule has 64 valence electrons. The van der Waals surface area contributed by atoms with E-state index < -0.39 is 11.9 Å². The Kier molecular flexibility index (Phi) is 2.23. The Labute approximate surface area is 68.4 Å². The van der Waals surface area contributed by atoms with Crippen LogP contribution in [-0.4, -0.2) is 30.3 Å². The van der Waals surface area contributed by atoms with Crippen molar-refractivity contribution in [2.24, 2.45) is 4.99 Å². The summed E-state index contributed by atoms with van der Waals surface area (Å²) in [5.41, 5.74) is -0.0582. The Morgan fingerprint density at radius 2 is 2.42 bits per heavy atom. The highest BCUT2D eigenvalue weighted by molar-refractivity contribution is 6.14. The van der Waals surface area contributed by atoms with Crippen molar-refractivity contribution in [3.63, 3.8) is 0 Å². The molecule has 0 aromatic heterocycles. The van der Waals surface area contributed by atoms with Gasteiger partial charge in [0.25, 0.3) is 5.91 Å². The first kappa shape index (κ1) is 8.45. The number of ether oxygens (including phenoxy) is 1. The van der Waals surface area contributed by atoms with Gasteiger partial charge in [-0.25, -0.2) is 9.79 Å². The lowest BCUT2D eigenvalue weighted by Crippen LogP contribution is -2.15. The van der Waals surface area contributed by atoms with Crippen molar-refractivity contribution < 1.29 is 19.4 Å². The van der Waals surface area contributed by atoms with E-state index in [9.17, 15) is 9.59 Å². The van der Waals surface area contributed by atoms with Gasteiger partial charge in [0.2, 0.25) is 0 Å². The van der Waals surface area contributed by atoms with Gasteiger partial charge in [-0.3, -0.25) is 4.79 Å². The minimum Gasteiger partial charge on any atom is -0.511 e. The number of amides is 1. The number of rotatable bonds is 1. The molecule has 0 aromatic rings. The van der Waals surface area contributed by atoms with Crippen molar-refractivity contribution >= 4 is 18.1 Å². The molecule has 0 aliphatic carbocycles. The van der Waals surface area contributed by atoms with E-state index in [1.165, 1.54) is 7.11 Å². The molecule has 1 aliphatic rings. The second-order valence-corrected chi connectivity index (χ2v) is 2.18. The predicted molar refractivity (Wildman–Crippen MR) is 39.8 cm³/mol. The Bertz CT molecular complexity index is 290. The van der Waals surface area contributed by atoms with Gasteiger partial charge in [0.1, 0.15) is 11.3 Å². The molecule has 5 heteroatoms. The summed E-state index contributed by atoms with van der Waals surface area (Å²) in [6, 6.07) is 0. The molecule has 0 spiro atoms. The van der Waals surface area contributed by atoms with Gasteiger partial charge < -0.3 is 9.84 Å². The van der Waals surface area contributed by atoms with Gasteiger partial charge >= 0.3 is 5.97 Å². The average molecular weight is 169 g/mol. The third-order valence-electron chi connectivity index (χ3n) is 1.37. The van der Waals surface area contributed by atoms with Crippen LogP contribution < -0.4 is 0 Å². The van der Waals surface area contributed by atoms with Crippen LogP contribution in [0.2, 0.25) is 0 Å². The molecule has 0 aromatic carbocycles. The van der Waals surface area contributed by atoms with Gasteiger partial charge in [-0.15, -0.1) is 0 Å². The highest BCUT2D eigenvalue weighted by atomic mass is 16.5. The van der Waals surface area contributed by atoms with Crippen LogP contribution in [0.1, 0.15) is 6.42 Å². The first-order valence-electron chi connectivity index (χ1n) is 3.22. The number of hydrogen-bond donors (Lipinski definition) is 1. The molecule has 1 rings (SSSR count). The third-order valence-corrected chi connectivity index (χ3v) is 1.37. The molecule has 0 saturated carbocycles. The highest BCUT2D eigenvalue weighted by Crippen LogP contribution is 2.11. The molecule has 0 atom stereocenters. The molecule has 1 amide bonds. The number of nitrogens with zero attached hydrogens (tertiary/aromatic N) is 1. The summed E-state index contributed by atoms with van der Waals surface area (Å²) >= 11 is 0. The van der Waals surface area contributed by atoms with Crippen LogP contribution in [0.4, 0.5) is 0 Å². The summed E-state index contributed by atoms with van der Waals surface area (Å²) in [5, 5.41) is 9.11. The maximum atomic E-state index is 10.8. The second-order valence-electron chi connectivity index (χ2n) is 2.18. The zero-order valence-corrected chi connectivity index (χ0v) is 6.40. The van der Waals surface area contributed by atoms with Crippen LogP contribution in [0.15, 0.2) is 16.3 Å². The summed E-state index contributed by atoms with van der Waals surface area (Å²) in [5.74, 6) is -1.45.